The van der Waals surface area contributed by atoms with Gasteiger partial charge in [-0.2, -0.15) is 0 Å². The molecule has 0 radical (unpaired) electrons. The molecule has 0 amide bonds. The average molecular weight is 367 g/mol. The number of hydrogen-bond acceptors (Lipinski definition) is 4. The Morgan fingerprint density at radius 1 is 1.26 bits per heavy atom. The Hall–Kier alpha value is -2.37. The number of aromatic carboxylic acids is 1. The van der Waals surface area contributed by atoms with Gasteiger partial charge in [0, 0.05) is 11.5 Å². The van der Waals surface area contributed by atoms with E-state index in [-0.39, 0.29) is 11.6 Å². The number of fused-ring (bicyclic) bond motifs is 4. The fourth-order valence-electron chi connectivity index (χ4n) is 5.06. The largest absolute Gasteiger partial charge is 0.497 e. The number of carboxylic acid groups (broad SMARTS) is 1. The molecular weight excluding hydrogens is 342 g/mol. The monoisotopic (exact) mass is 367 g/mol. The zero-order valence-electron chi connectivity index (χ0n) is 15.9. The number of likely N-dealkylation sites (tertiary alicyclic amines) is 1. The molecule has 5 heteroatoms. The first-order valence-corrected chi connectivity index (χ1v) is 9.25. The molecule has 2 aromatic rings. The van der Waals surface area contributed by atoms with Crippen LogP contribution in [0.4, 0.5) is 0 Å². The van der Waals surface area contributed by atoms with Gasteiger partial charge in [-0.3, -0.25) is 4.90 Å². The topological polar surface area (TPSA) is 70.0 Å². The fourth-order valence-corrected chi connectivity index (χ4v) is 5.06. The summed E-state index contributed by atoms with van der Waals surface area (Å²) in [6.45, 7) is 2.97. The van der Waals surface area contributed by atoms with Crippen LogP contribution in [0.2, 0.25) is 0 Å². The summed E-state index contributed by atoms with van der Waals surface area (Å²) in [4.78, 5) is 13.7. The van der Waals surface area contributed by atoms with Gasteiger partial charge >= 0.3 is 5.97 Å². The number of ether oxygens (including phenoxy) is 1. The van der Waals surface area contributed by atoms with Crippen LogP contribution in [0.1, 0.15) is 40.4 Å². The SMILES string of the molecule is COc1ccc2c(c1)[C@@]1(C)CCN(C)C(C2)[C@]1(O)c1cccc(C(=O)O)c1. The molecule has 0 aromatic heterocycles. The predicted molar refractivity (Wildman–Crippen MR) is 102 cm³/mol. The highest BCUT2D eigenvalue weighted by Gasteiger charge is 2.60. The lowest BCUT2D eigenvalue weighted by Crippen LogP contribution is -2.67. The molecule has 1 unspecified atom stereocenters. The third-order valence-electron chi connectivity index (χ3n) is 6.69. The normalized spacial score (nSPS) is 29.9. The first kappa shape index (κ1) is 18.0. The third kappa shape index (κ3) is 2.42. The van der Waals surface area contributed by atoms with Crippen LogP contribution in [0.15, 0.2) is 42.5 Å². The summed E-state index contributed by atoms with van der Waals surface area (Å²) in [6, 6.07) is 12.7. The smallest absolute Gasteiger partial charge is 0.335 e. The van der Waals surface area contributed by atoms with Crippen molar-refractivity contribution in [1.82, 2.24) is 4.90 Å². The second-order valence-corrected chi connectivity index (χ2v) is 7.96. The van der Waals surface area contributed by atoms with Gasteiger partial charge in [0.15, 0.2) is 0 Å². The van der Waals surface area contributed by atoms with Crippen molar-refractivity contribution in [1.29, 1.82) is 0 Å². The van der Waals surface area contributed by atoms with E-state index in [0.29, 0.717) is 12.0 Å². The van der Waals surface area contributed by atoms with Crippen LogP contribution in [0, 0.1) is 0 Å². The van der Waals surface area contributed by atoms with Crippen LogP contribution < -0.4 is 4.74 Å². The van der Waals surface area contributed by atoms with Crippen LogP contribution in [-0.2, 0) is 17.4 Å². The molecule has 4 rings (SSSR count). The Kier molecular flexibility index (Phi) is 4.05. The van der Waals surface area contributed by atoms with E-state index < -0.39 is 17.0 Å². The lowest BCUT2D eigenvalue weighted by Gasteiger charge is -2.60. The number of carboxylic acids is 1. The maximum atomic E-state index is 12.2. The molecule has 1 aliphatic heterocycles. The third-order valence-corrected chi connectivity index (χ3v) is 6.69. The Labute approximate surface area is 159 Å². The standard InChI is InChI=1S/C22H25NO4/c1-21-9-10-23(2)19(12-14-7-8-17(27-3)13-18(14)21)22(21,26)16-6-4-5-15(11-16)20(24)25/h4-8,11,13,19,26H,9-10,12H2,1-3H3,(H,24,25)/t19?,21-,22-/m1/s1. The van der Waals surface area contributed by atoms with Gasteiger partial charge in [0.1, 0.15) is 11.4 Å². The highest BCUT2D eigenvalue weighted by Crippen LogP contribution is 2.56. The number of rotatable bonds is 3. The number of hydrogen-bond donors (Lipinski definition) is 2. The van der Waals surface area contributed by atoms with Crippen molar-refractivity contribution in [3.05, 3.63) is 64.7 Å². The number of aliphatic hydroxyl groups is 1. The van der Waals surface area contributed by atoms with E-state index in [1.807, 2.05) is 25.2 Å². The highest BCUT2D eigenvalue weighted by atomic mass is 16.5. The molecule has 2 N–H and O–H groups in total. The van der Waals surface area contributed by atoms with Gasteiger partial charge in [-0.25, -0.2) is 4.79 Å². The van der Waals surface area contributed by atoms with E-state index in [9.17, 15) is 15.0 Å². The summed E-state index contributed by atoms with van der Waals surface area (Å²) >= 11 is 0. The highest BCUT2D eigenvalue weighted by molar-refractivity contribution is 5.87. The molecular formula is C22H25NO4. The first-order chi connectivity index (χ1) is 12.8. The van der Waals surface area contributed by atoms with Gasteiger partial charge in [-0.15, -0.1) is 0 Å². The molecule has 2 aromatic carbocycles. The lowest BCUT2D eigenvalue weighted by atomic mass is 9.53. The number of benzene rings is 2. The molecule has 142 valence electrons. The number of carbonyl (C=O) groups is 1. The second-order valence-electron chi connectivity index (χ2n) is 7.96. The van der Waals surface area contributed by atoms with E-state index in [0.717, 1.165) is 24.3 Å². The zero-order valence-corrected chi connectivity index (χ0v) is 15.9. The van der Waals surface area contributed by atoms with Crippen LogP contribution in [0.3, 0.4) is 0 Å². The van der Waals surface area contributed by atoms with Gasteiger partial charge in [-0.1, -0.05) is 25.1 Å². The molecule has 2 bridgehead atoms. The molecule has 0 saturated carbocycles. The van der Waals surface area contributed by atoms with Crippen molar-refractivity contribution in [3.8, 4) is 5.75 Å². The van der Waals surface area contributed by atoms with Gasteiger partial charge in [-0.05, 0) is 67.4 Å². The van der Waals surface area contributed by atoms with Crippen molar-refractivity contribution in [3.63, 3.8) is 0 Å². The quantitative estimate of drug-likeness (QED) is 0.873. The predicted octanol–water partition coefficient (Wildman–Crippen LogP) is 2.80. The molecule has 2 aliphatic rings. The van der Waals surface area contributed by atoms with Gasteiger partial charge in [0.05, 0.1) is 12.7 Å². The number of piperidine rings is 1. The van der Waals surface area contributed by atoms with Crippen molar-refractivity contribution in [2.45, 2.75) is 36.8 Å². The zero-order chi connectivity index (χ0) is 19.4. The summed E-state index contributed by atoms with van der Waals surface area (Å²) in [7, 11) is 3.68. The molecule has 27 heavy (non-hydrogen) atoms. The number of nitrogens with zero attached hydrogens (tertiary/aromatic N) is 1. The summed E-state index contributed by atoms with van der Waals surface area (Å²) in [5, 5.41) is 21.6. The second kappa shape index (κ2) is 6.08. The van der Waals surface area contributed by atoms with Gasteiger partial charge in [0.2, 0.25) is 0 Å². The molecule has 1 aliphatic carbocycles. The van der Waals surface area contributed by atoms with E-state index in [1.54, 1.807) is 25.3 Å². The average Bonchev–Trinajstić information content (AvgIpc) is 2.67. The maximum absolute atomic E-state index is 12.2. The van der Waals surface area contributed by atoms with Crippen molar-refractivity contribution >= 4 is 5.97 Å². The minimum atomic E-state index is -1.19. The van der Waals surface area contributed by atoms with E-state index in [4.69, 9.17) is 4.74 Å². The molecule has 5 nitrogen and oxygen atoms in total. The minimum absolute atomic E-state index is 0.124. The van der Waals surface area contributed by atoms with Gasteiger partial charge in [0.25, 0.3) is 0 Å². The van der Waals surface area contributed by atoms with E-state index in [1.165, 1.54) is 5.56 Å². The molecule has 0 spiro atoms. The maximum Gasteiger partial charge on any atom is 0.335 e. The van der Waals surface area contributed by atoms with Crippen molar-refractivity contribution in [2.75, 3.05) is 20.7 Å². The molecule has 1 heterocycles. The van der Waals surface area contributed by atoms with Crippen molar-refractivity contribution < 1.29 is 19.7 Å². The summed E-state index contributed by atoms with van der Waals surface area (Å²) in [5.41, 5.74) is 1.44. The van der Waals surface area contributed by atoms with E-state index >= 15 is 0 Å². The molecule has 1 saturated heterocycles. The minimum Gasteiger partial charge on any atom is -0.497 e. The van der Waals surface area contributed by atoms with Gasteiger partial charge < -0.3 is 14.9 Å². The van der Waals surface area contributed by atoms with Crippen LogP contribution in [0.5, 0.6) is 5.75 Å². The van der Waals surface area contributed by atoms with Crippen LogP contribution in [0.25, 0.3) is 0 Å². The van der Waals surface area contributed by atoms with Crippen molar-refractivity contribution in [2.24, 2.45) is 0 Å². The molecule has 3 atom stereocenters. The Morgan fingerprint density at radius 3 is 2.74 bits per heavy atom. The first-order valence-electron chi connectivity index (χ1n) is 9.25. The lowest BCUT2D eigenvalue weighted by molar-refractivity contribution is -0.141. The molecule has 1 fully saturated rings. The Balaban J connectivity index is 1.96. The summed E-state index contributed by atoms with van der Waals surface area (Å²) in [6.07, 6.45) is 1.48. The number of methoxy groups -OCH3 is 1. The summed E-state index contributed by atoms with van der Waals surface area (Å²) in [5.74, 6) is -0.212. The number of likely N-dealkylation sites (N-methyl/N-ethyl adjacent to an activating group) is 1. The Bertz CT molecular complexity index is 911. The summed E-state index contributed by atoms with van der Waals surface area (Å²) < 4.78 is 5.44. The van der Waals surface area contributed by atoms with E-state index in [2.05, 4.69) is 17.9 Å². The Morgan fingerprint density at radius 2 is 2.04 bits per heavy atom. The fraction of sp³-hybridized carbons (Fsp3) is 0.409. The van der Waals surface area contributed by atoms with Crippen LogP contribution >= 0.6 is 0 Å². The van der Waals surface area contributed by atoms with Crippen LogP contribution in [-0.4, -0.2) is 47.8 Å².